The standard InChI is InChI=1S/C14H22BrNS/c1-16-11-10-14(7-2-3-8-14)9-6-12-4-5-13(15)17-12/h4-5,16H,2-3,6-11H2,1H3. The first-order valence-electron chi connectivity index (χ1n) is 6.63. The minimum absolute atomic E-state index is 0.638. The van der Waals surface area contributed by atoms with Gasteiger partial charge in [-0.15, -0.1) is 11.3 Å². The van der Waals surface area contributed by atoms with Crippen LogP contribution in [-0.2, 0) is 6.42 Å². The fourth-order valence-electron chi connectivity index (χ4n) is 3.01. The lowest BCUT2D eigenvalue weighted by Gasteiger charge is -2.29. The number of thiophene rings is 1. The Balaban J connectivity index is 1.89. The van der Waals surface area contributed by atoms with Crippen molar-refractivity contribution in [1.82, 2.24) is 5.32 Å². The van der Waals surface area contributed by atoms with Crippen LogP contribution in [0.4, 0.5) is 0 Å². The van der Waals surface area contributed by atoms with E-state index in [0.29, 0.717) is 5.41 Å². The van der Waals surface area contributed by atoms with Crippen LogP contribution in [0.15, 0.2) is 15.9 Å². The molecule has 96 valence electrons. The number of rotatable bonds is 6. The molecule has 0 atom stereocenters. The lowest BCUT2D eigenvalue weighted by Crippen LogP contribution is -2.23. The molecule has 3 heteroatoms. The zero-order valence-corrected chi connectivity index (χ0v) is 13.0. The van der Waals surface area contributed by atoms with Crippen LogP contribution < -0.4 is 5.32 Å². The van der Waals surface area contributed by atoms with E-state index >= 15 is 0 Å². The molecule has 1 aliphatic carbocycles. The summed E-state index contributed by atoms with van der Waals surface area (Å²) in [6.07, 6.45) is 9.77. The average Bonchev–Trinajstić information content (AvgIpc) is 2.94. The van der Waals surface area contributed by atoms with Crippen LogP contribution in [0.3, 0.4) is 0 Å². The molecule has 17 heavy (non-hydrogen) atoms. The Morgan fingerprint density at radius 2 is 2.06 bits per heavy atom. The minimum Gasteiger partial charge on any atom is -0.320 e. The van der Waals surface area contributed by atoms with E-state index in [1.54, 1.807) is 0 Å². The highest BCUT2D eigenvalue weighted by Gasteiger charge is 2.32. The van der Waals surface area contributed by atoms with Crippen molar-refractivity contribution in [1.29, 1.82) is 0 Å². The molecule has 2 rings (SSSR count). The van der Waals surface area contributed by atoms with E-state index in [0.717, 1.165) is 0 Å². The first kappa shape index (κ1) is 13.6. The first-order valence-corrected chi connectivity index (χ1v) is 8.24. The van der Waals surface area contributed by atoms with Gasteiger partial charge in [-0.1, -0.05) is 12.8 Å². The van der Waals surface area contributed by atoms with Crippen LogP contribution in [0.5, 0.6) is 0 Å². The lowest BCUT2D eigenvalue weighted by atomic mass is 9.78. The molecule has 1 fully saturated rings. The number of hydrogen-bond donors (Lipinski definition) is 1. The van der Waals surface area contributed by atoms with Gasteiger partial charge in [-0.3, -0.25) is 0 Å². The van der Waals surface area contributed by atoms with Gasteiger partial charge < -0.3 is 5.32 Å². The van der Waals surface area contributed by atoms with Crippen molar-refractivity contribution in [3.63, 3.8) is 0 Å². The maximum atomic E-state index is 3.55. The summed E-state index contributed by atoms with van der Waals surface area (Å²) in [6, 6.07) is 4.45. The van der Waals surface area contributed by atoms with Crippen molar-refractivity contribution in [2.24, 2.45) is 5.41 Å². The zero-order chi connectivity index (χ0) is 12.1. The molecule has 0 amide bonds. The Hall–Kier alpha value is 0.140. The molecule has 1 aromatic rings. The van der Waals surface area contributed by atoms with E-state index in [1.165, 1.54) is 60.2 Å². The van der Waals surface area contributed by atoms with Crippen LogP contribution in [0.25, 0.3) is 0 Å². The summed E-state index contributed by atoms with van der Waals surface area (Å²) in [5.74, 6) is 0. The van der Waals surface area contributed by atoms with E-state index in [4.69, 9.17) is 0 Å². The third-order valence-electron chi connectivity index (χ3n) is 4.10. The van der Waals surface area contributed by atoms with Crippen molar-refractivity contribution in [2.45, 2.75) is 44.9 Å². The van der Waals surface area contributed by atoms with Gasteiger partial charge in [0.15, 0.2) is 0 Å². The Kier molecular flexibility index (Phi) is 5.07. The molecule has 1 aromatic heterocycles. The molecule has 0 aromatic carbocycles. The van der Waals surface area contributed by atoms with E-state index in [2.05, 4.69) is 40.4 Å². The van der Waals surface area contributed by atoms with Crippen LogP contribution in [0, 0.1) is 5.41 Å². The molecule has 1 N–H and O–H groups in total. The zero-order valence-electron chi connectivity index (χ0n) is 10.6. The van der Waals surface area contributed by atoms with Crippen molar-refractivity contribution in [3.05, 3.63) is 20.8 Å². The van der Waals surface area contributed by atoms with Gasteiger partial charge in [0, 0.05) is 4.88 Å². The van der Waals surface area contributed by atoms with Crippen LogP contribution in [-0.4, -0.2) is 13.6 Å². The largest absolute Gasteiger partial charge is 0.320 e. The fraction of sp³-hybridized carbons (Fsp3) is 0.714. The predicted octanol–water partition coefficient (Wildman–Crippen LogP) is 4.61. The summed E-state index contributed by atoms with van der Waals surface area (Å²) in [5.41, 5.74) is 0.638. The number of nitrogens with one attached hydrogen (secondary N) is 1. The third-order valence-corrected chi connectivity index (χ3v) is 5.78. The molecule has 0 spiro atoms. The van der Waals surface area contributed by atoms with Crippen molar-refractivity contribution in [3.8, 4) is 0 Å². The maximum Gasteiger partial charge on any atom is 0.0701 e. The van der Waals surface area contributed by atoms with Gasteiger partial charge >= 0.3 is 0 Å². The summed E-state index contributed by atoms with van der Waals surface area (Å²) < 4.78 is 1.27. The smallest absolute Gasteiger partial charge is 0.0701 e. The van der Waals surface area contributed by atoms with Crippen molar-refractivity contribution >= 4 is 27.3 Å². The second-order valence-electron chi connectivity index (χ2n) is 5.27. The van der Waals surface area contributed by atoms with Gasteiger partial charge in [-0.05, 0) is 79.2 Å². The number of hydrogen-bond acceptors (Lipinski definition) is 2. The SMILES string of the molecule is CNCCC1(CCc2ccc(Br)s2)CCCC1. The summed E-state index contributed by atoms with van der Waals surface area (Å²) in [6.45, 7) is 1.17. The second-order valence-corrected chi connectivity index (χ2v) is 7.81. The normalized spacial score (nSPS) is 18.7. The highest BCUT2D eigenvalue weighted by atomic mass is 79.9. The predicted molar refractivity (Wildman–Crippen MR) is 79.8 cm³/mol. The van der Waals surface area contributed by atoms with Crippen LogP contribution in [0.2, 0.25) is 0 Å². The Labute approximate surface area is 117 Å². The summed E-state index contributed by atoms with van der Waals surface area (Å²) in [4.78, 5) is 1.53. The summed E-state index contributed by atoms with van der Waals surface area (Å²) in [5, 5.41) is 3.32. The van der Waals surface area contributed by atoms with Gasteiger partial charge in [0.05, 0.1) is 3.79 Å². The van der Waals surface area contributed by atoms with Crippen molar-refractivity contribution in [2.75, 3.05) is 13.6 Å². The van der Waals surface area contributed by atoms with E-state index in [-0.39, 0.29) is 0 Å². The lowest BCUT2D eigenvalue weighted by molar-refractivity contribution is 0.248. The number of halogens is 1. The molecule has 1 nitrogen and oxygen atoms in total. The molecular weight excluding hydrogens is 294 g/mol. The Morgan fingerprint density at radius 3 is 2.65 bits per heavy atom. The quantitative estimate of drug-likeness (QED) is 0.808. The summed E-state index contributed by atoms with van der Waals surface area (Å²) in [7, 11) is 2.07. The molecule has 1 heterocycles. The van der Waals surface area contributed by atoms with Gasteiger partial charge in [-0.25, -0.2) is 0 Å². The molecule has 0 aliphatic heterocycles. The molecule has 0 bridgehead atoms. The van der Waals surface area contributed by atoms with Crippen molar-refractivity contribution < 1.29 is 0 Å². The highest BCUT2D eigenvalue weighted by Crippen LogP contribution is 2.44. The minimum atomic E-state index is 0.638. The maximum absolute atomic E-state index is 3.55. The monoisotopic (exact) mass is 315 g/mol. The highest BCUT2D eigenvalue weighted by molar-refractivity contribution is 9.11. The fourth-order valence-corrected chi connectivity index (χ4v) is 4.50. The van der Waals surface area contributed by atoms with Gasteiger partial charge in [0.25, 0.3) is 0 Å². The van der Waals surface area contributed by atoms with E-state index < -0.39 is 0 Å². The Morgan fingerprint density at radius 1 is 1.29 bits per heavy atom. The van der Waals surface area contributed by atoms with Gasteiger partial charge in [-0.2, -0.15) is 0 Å². The third kappa shape index (κ3) is 3.80. The molecule has 0 unspecified atom stereocenters. The van der Waals surface area contributed by atoms with E-state index in [9.17, 15) is 0 Å². The molecule has 1 aliphatic rings. The van der Waals surface area contributed by atoms with Crippen LogP contribution >= 0.6 is 27.3 Å². The van der Waals surface area contributed by atoms with Gasteiger partial charge in [0.2, 0.25) is 0 Å². The summed E-state index contributed by atoms with van der Waals surface area (Å²) >= 11 is 5.44. The van der Waals surface area contributed by atoms with Crippen LogP contribution in [0.1, 0.15) is 43.4 Å². The number of aryl methyl sites for hydroxylation is 1. The molecule has 1 saturated carbocycles. The molecule has 0 radical (unpaired) electrons. The second kappa shape index (κ2) is 6.35. The molecule has 0 saturated heterocycles. The topological polar surface area (TPSA) is 12.0 Å². The Bertz CT molecular complexity index is 342. The van der Waals surface area contributed by atoms with E-state index in [1.807, 2.05) is 11.3 Å². The molecular formula is C14H22BrNS. The van der Waals surface area contributed by atoms with Gasteiger partial charge in [0.1, 0.15) is 0 Å². The first-order chi connectivity index (χ1) is 8.24. The average molecular weight is 316 g/mol.